The molecule has 3 nitrogen and oxygen atoms in total. The van der Waals surface area contributed by atoms with Crippen LogP contribution in [0.5, 0.6) is 0 Å². The van der Waals surface area contributed by atoms with Crippen molar-refractivity contribution < 1.29 is 0 Å². The van der Waals surface area contributed by atoms with Crippen molar-refractivity contribution >= 4 is 0 Å². The van der Waals surface area contributed by atoms with Gasteiger partial charge in [0.1, 0.15) is 0 Å². The molecular formula is C15H19N3. The van der Waals surface area contributed by atoms with Crippen LogP contribution in [0, 0.1) is 0 Å². The van der Waals surface area contributed by atoms with Gasteiger partial charge < -0.3 is 5.32 Å². The second-order valence-electron chi connectivity index (χ2n) is 4.33. The molecule has 2 aromatic heterocycles. The summed E-state index contributed by atoms with van der Waals surface area (Å²) < 4.78 is 0. The molecule has 3 heteroatoms. The van der Waals surface area contributed by atoms with Gasteiger partial charge in [-0.1, -0.05) is 6.92 Å². The van der Waals surface area contributed by atoms with Crippen molar-refractivity contribution in [3.05, 3.63) is 59.7 Å². The molecule has 0 aliphatic carbocycles. The van der Waals surface area contributed by atoms with Crippen LogP contribution in [-0.2, 0) is 12.8 Å². The van der Waals surface area contributed by atoms with Gasteiger partial charge in [0, 0.05) is 30.8 Å². The first-order valence-electron chi connectivity index (χ1n) is 6.34. The van der Waals surface area contributed by atoms with Crippen LogP contribution in [0.1, 0.15) is 29.7 Å². The predicted octanol–water partition coefficient (Wildman–Crippen LogP) is 2.54. The molecule has 2 heterocycles. The van der Waals surface area contributed by atoms with E-state index in [9.17, 15) is 0 Å². The third-order valence-corrected chi connectivity index (χ3v) is 3.24. The van der Waals surface area contributed by atoms with E-state index in [0.29, 0.717) is 6.04 Å². The fraction of sp³-hybridized carbons (Fsp3) is 0.333. The van der Waals surface area contributed by atoms with Crippen molar-refractivity contribution in [2.75, 3.05) is 7.05 Å². The Hall–Kier alpha value is -1.74. The summed E-state index contributed by atoms with van der Waals surface area (Å²) in [7, 11) is 2.01. The lowest BCUT2D eigenvalue weighted by Crippen LogP contribution is -2.20. The van der Waals surface area contributed by atoms with Crippen molar-refractivity contribution in [2.45, 2.75) is 25.8 Å². The lowest BCUT2D eigenvalue weighted by atomic mass is 9.96. The third-order valence-electron chi connectivity index (χ3n) is 3.24. The summed E-state index contributed by atoms with van der Waals surface area (Å²) in [6, 6.07) is 6.57. The second-order valence-corrected chi connectivity index (χ2v) is 4.33. The van der Waals surface area contributed by atoms with E-state index in [2.05, 4.69) is 40.4 Å². The third kappa shape index (κ3) is 2.93. The number of nitrogens with zero attached hydrogens (tertiary/aromatic N) is 2. The van der Waals surface area contributed by atoms with Gasteiger partial charge >= 0.3 is 0 Å². The van der Waals surface area contributed by atoms with Crippen LogP contribution in [-0.4, -0.2) is 17.0 Å². The fourth-order valence-corrected chi connectivity index (χ4v) is 2.20. The molecule has 2 aromatic rings. The summed E-state index contributed by atoms with van der Waals surface area (Å²) in [6.45, 7) is 2.17. The molecule has 0 saturated heterocycles. The highest BCUT2D eigenvalue weighted by Crippen LogP contribution is 2.21. The molecule has 0 saturated carbocycles. The fourth-order valence-electron chi connectivity index (χ4n) is 2.20. The minimum Gasteiger partial charge on any atom is -0.313 e. The minimum absolute atomic E-state index is 0.324. The first kappa shape index (κ1) is 12.7. The van der Waals surface area contributed by atoms with Crippen molar-refractivity contribution in [1.82, 2.24) is 15.3 Å². The molecule has 94 valence electrons. The van der Waals surface area contributed by atoms with Gasteiger partial charge in [-0.3, -0.25) is 9.97 Å². The average Bonchev–Trinajstić information content (AvgIpc) is 2.46. The summed E-state index contributed by atoms with van der Waals surface area (Å²) in [5, 5.41) is 3.39. The van der Waals surface area contributed by atoms with Crippen LogP contribution in [0.15, 0.2) is 43.0 Å². The van der Waals surface area contributed by atoms with Crippen molar-refractivity contribution in [3.8, 4) is 0 Å². The van der Waals surface area contributed by atoms with Gasteiger partial charge in [-0.2, -0.15) is 0 Å². The molecule has 1 N–H and O–H groups in total. The van der Waals surface area contributed by atoms with E-state index in [0.717, 1.165) is 12.8 Å². The highest BCUT2D eigenvalue weighted by atomic mass is 14.9. The lowest BCUT2D eigenvalue weighted by Gasteiger charge is -2.19. The van der Waals surface area contributed by atoms with Crippen LogP contribution in [0.25, 0.3) is 0 Å². The van der Waals surface area contributed by atoms with Crippen molar-refractivity contribution in [2.24, 2.45) is 0 Å². The number of aryl methyl sites for hydroxylation is 1. The predicted molar refractivity (Wildman–Crippen MR) is 73.4 cm³/mol. The zero-order valence-corrected chi connectivity index (χ0v) is 10.9. The smallest absolute Gasteiger partial charge is 0.0362 e. The van der Waals surface area contributed by atoms with E-state index in [1.54, 1.807) is 0 Å². The van der Waals surface area contributed by atoms with Crippen molar-refractivity contribution in [1.29, 1.82) is 0 Å². The van der Waals surface area contributed by atoms with Crippen molar-refractivity contribution in [3.63, 3.8) is 0 Å². The van der Waals surface area contributed by atoms with E-state index in [1.807, 2.05) is 31.8 Å². The van der Waals surface area contributed by atoms with Crippen LogP contribution in [0.3, 0.4) is 0 Å². The molecule has 0 spiro atoms. The zero-order chi connectivity index (χ0) is 12.8. The number of nitrogens with one attached hydrogen (secondary N) is 1. The van der Waals surface area contributed by atoms with E-state index >= 15 is 0 Å². The van der Waals surface area contributed by atoms with Crippen LogP contribution in [0.2, 0.25) is 0 Å². The molecule has 2 rings (SSSR count). The molecular weight excluding hydrogens is 222 g/mol. The molecule has 0 aliphatic rings. The van der Waals surface area contributed by atoms with Crippen LogP contribution in [0.4, 0.5) is 0 Å². The Morgan fingerprint density at radius 3 is 2.50 bits per heavy atom. The van der Waals surface area contributed by atoms with Gasteiger partial charge in [-0.25, -0.2) is 0 Å². The Kier molecular flexibility index (Phi) is 4.42. The lowest BCUT2D eigenvalue weighted by molar-refractivity contribution is 0.585. The Morgan fingerprint density at radius 1 is 1.11 bits per heavy atom. The maximum Gasteiger partial charge on any atom is 0.0362 e. The monoisotopic (exact) mass is 241 g/mol. The number of hydrogen-bond donors (Lipinski definition) is 1. The first-order chi connectivity index (χ1) is 8.85. The molecule has 18 heavy (non-hydrogen) atoms. The maximum absolute atomic E-state index is 4.20. The standard InChI is InChI=1S/C15H19N3/c1-3-13-11-18-9-6-14(13)15(16-2)10-12-4-7-17-8-5-12/h4-9,11,15-16H,3,10H2,1-2H3. The summed E-state index contributed by atoms with van der Waals surface area (Å²) in [5.41, 5.74) is 3.95. The minimum atomic E-state index is 0.324. The summed E-state index contributed by atoms with van der Waals surface area (Å²) >= 11 is 0. The molecule has 1 unspecified atom stereocenters. The largest absolute Gasteiger partial charge is 0.313 e. The van der Waals surface area contributed by atoms with E-state index in [1.165, 1.54) is 16.7 Å². The summed E-state index contributed by atoms with van der Waals surface area (Å²) in [4.78, 5) is 8.26. The highest BCUT2D eigenvalue weighted by Gasteiger charge is 2.13. The molecule has 0 bridgehead atoms. The molecule has 0 aromatic carbocycles. The number of hydrogen-bond acceptors (Lipinski definition) is 3. The summed E-state index contributed by atoms with van der Waals surface area (Å²) in [5.74, 6) is 0. The average molecular weight is 241 g/mol. The number of rotatable bonds is 5. The molecule has 0 amide bonds. The Morgan fingerprint density at radius 2 is 1.83 bits per heavy atom. The highest BCUT2D eigenvalue weighted by molar-refractivity contribution is 5.28. The quantitative estimate of drug-likeness (QED) is 0.874. The molecule has 1 atom stereocenters. The molecule has 0 aliphatic heterocycles. The Labute approximate surface area is 108 Å². The van der Waals surface area contributed by atoms with Gasteiger partial charge in [0.2, 0.25) is 0 Å². The van der Waals surface area contributed by atoms with Gasteiger partial charge in [-0.15, -0.1) is 0 Å². The second kappa shape index (κ2) is 6.26. The summed E-state index contributed by atoms with van der Waals surface area (Å²) in [6.07, 6.45) is 9.50. The van der Waals surface area contributed by atoms with E-state index < -0.39 is 0 Å². The van der Waals surface area contributed by atoms with Gasteiger partial charge in [0.15, 0.2) is 0 Å². The zero-order valence-electron chi connectivity index (χ0n) is 10.9. The Balaban J connectivity index is 2.23. The SMILES string of the molecule is CCc1cnccc1C(Cc1ccncc1)NC. The number of pyridine rings is 2. The Bertz CT molecular complexity index is 482. The van der Waals surface area contributed by atoms with Gasteiger partial charge in [0.05, 0.1) is 0 Å². The van der Waals surface area contributed by atoms with E-state index in [-0.39, 0.29) is 0 Å². The first-order valence-corrected chi connectivity index (χ1v) is 6.34. The number of likely N-dealkylation sites (N-methyl/N-ethyl adjacent to an activating group) is 1. The number of aromatic nitrogens is 2. The van der Waals surface area contributed by atoms with Crippen LogP contribution >= 0.6 is 0 Å². The normalized spacial score (nSPS) is 12.3. The van der Waals surface area contributed by atoms with Gasteiger partial charge in [0.25, 0.3) is 0 Å². The van der Waals surface area contributed by atoms with Crippen LogP contribution < -0.4 is 5.32 Å². The maximum atomic E-state index is 4.20. The molecule has 0 fully saturated rings. The topological polar surface area (TPSA) is 37.8 Å². The molecule has 0 radical (unpaired) electrons. The van der Waals surface area contributed by atoms with E-state index in [4.69, 9.17) is 0 Å². The van der Waals surface area contributed by atoms with Gasteiger partial charge in [-0.05, 0) is 54.8 Å².